The quantitative estimate of drug-likeness (QED) is 0.312. The molecule has 3 aromatic carbocycles. The molecule has 0 aliphatic heterocycles. The predicted molar refractivity (Wildman–Crippen MR) is 134 cm³/mol. The number of rotatable bonds is 7. The Kier molecular flexibility index (Phi) is 7.27. The molecule has 8 heteroatoms. The Morgan fingerprint density at radius 1 is 1.03 bits per heavy atom. The highest BCUT2D eigenvalue weighted by Crippen LogP contribution is 2.28. The summed E-state index contributed by atoms with van der Waals surface area (Å²) in [4.78, 5) is 12.5. The Bertz CT molecular complexity index is 1290. The average Bonchev–Trinajstić information content (AvgIpc) is 3.23. The van der Waals surface area contributed by atoms with Crippen LogP contribution in [0, 0.1) is 19.7 Å². The van der Waals surface area contributed by atoms with E-state index in [-0.39, 0.29) is 0 Å². The predicted octanol–water partition coefficient (Wildman–Crippen LogP) is 6.20. The standard InChI is InChI=1S/C26H26FN5OS/c1-17-11-13-23(14-12-17)32-24(19(3)28-25(33)29-22-10-6-9-21(27)15-22)30-31-26(32)34-16-20-8-5-4-7-18(20)2/h4-15,19H,16H2,1-3H3,(H2,28,29,33). The molecular weight excluding hydrogens is 449 g/mol. The van der Waals surface area contributed by atoms with Crippen LogP contribution in [0.15, 0.2) is 78.0 Å². The van der Waals surface area contributed by atoms with Crippen molar-refractivity contribution in [1.29, 1.82) is 0 Å². The average molecular weight is 476 g/mol. The van der Waals surface area contributed by atoms with Crippen LogP contribution in [0.2, 0.25) is 0 Å². The van der Waals surface area contributed by atoms with E-state index < -0.39 is 17.9 Å². The van der Waals surface area contributed by atoms with E-state index in [2.05, 4.69) is 39.9 Å². The fourth-order valence-electron chi connectivity index (χ4n) is 3.50. The topological polar surface area (TPSA) is 71.8 Å². The molecule has 0 radical (unpaired) electrons. The Morgan fingerprint density at radius 2 is 1.79 bits per heavy atom. The van der Waals surface area contributed by atoms with Crippen molar-refractivity contribution in [2.75, 3.05) is 5.32 Å². The summed E-state index contributed by atoms with van der Waals surface area (Å²) in [5.41, 5.74) is 4.89. The maximum atomic E-state index is 13.4. The van der Waals surface area contributed by atoms with Crippen LogP contribution >= 0.6 is 11.8 Å². The van der Waals surface area contributed by atoms with Crippen LogP contribution in [0.5, 0.6) is 0 Å². The smallest absolute Gasteiger partial charge is 0.319 e. The number of carbonyl (C=O) groups excluding carboxylic acids is 1. The lowest BCUT2D eigenvalue weighted by Crippen LogP contribution is -2.32. The summed E-state index contributed by atoms with van der Waals surface area (Å²) < 4.78 is 15.4. The van der Waals surface area contributed by atoms with Crippen molar-refractivity contribution in [2.24, 2.45) is 0 Å². The summed E-state index contributed by atoms with van der Waals surface area (Å²) in [6.45, 7) is 5.97. The molecule has 0 saturated carbocycles. The molecule has 1 atom stereocenters. The second kappa shape index (κ2) is 10.5. The van der Waals surface area contributed by atoms with Gasteiger partial charge in [-0.3, -0.25) is 4.57 Å². The molecule has 0 fully saturated rings. The zero-order chi connectivity index (χ0) is 24.1. The Hall–Kier alpha value is -3.65. The molecule has 2 N–H and O–H groups in total. The number of amides is 2. The fourth-order valence-corrected chi connectivity index (χ4v) is 4.54. The maximum Gasteiger partial charge on any atom is 0.319 e. The second-order valence-electron chi connectivity index (χ2n) is 8.06. The summed E-state index contributed by atoms with van der Waals surface area (Å²) in [6, 6.07) is 21.2. The number of benzene rings is 3. The number of halogens is 1. The van der Waals surface area contributed by atoms with Crippen molar-refractivity contribution in [2.45, 2.75) is 37.7 Å². The lowest BCUT2D eigenvalue weighted by molar-refractivity contribution is 0.249. The van der Waals surface area contributed by atoms with Gasteiger partial charge in [-0.15, -0.1) is 10.2 Å². The third-order valence-corrected chi connectivity index (χ3v) is 6.36. The Balaban J connectivity index is 1.57. The monoisotopic (exact) mass is 475 g/mol. The maximum absolute atomic E-state index is 13.4. The van der Waals surface area contributed by atoms with E-state index in [4.69, 9.17) is 0 Å². The van der Waals surface area contributed by atoms with Gasteiger partial charge >= 0.3 is 6.03 Å². The van der Waals surface area contributed by atoms with Gasteiger partial charge in [0.15, 0.2) is 11.0 Å². The van der Waals surface area contributed by atoms with Crippen LogP contribution < -0.4 is 10.6 Å². The normalized spacial score (nSPS) is 11.8. The number of aryl methyl sites for hydroxylation is 2. The van der Waals surface area contributed by atoms with Gasteiger partial charge in [0.25, 0.3) is 0 Å². The number of hydrogen-bond acceptors (Lipinski definition) is 4. The zero-order valence-corrected chi connectivity index (χ0v) is 20.1. The summed E-state index contributed by atoms with van der Waals surface area (Å²) in [5, 5.41) is 15.1. The van der Waals surface area contributed by atoms with Crippen molar-refractivity contribution < 1.29 is 9.18 Å². The molecule has 0 saturated heterocycles. The van der Waals surface area contributed by atoms with Gasteiger partial charge in [-0.1, -0.05) is 59.8 Å². The lowest BCUT2D eigenvalue weighted by Gasteiger charge is -2.17. The summed E-state index contributed by atoms with van der Waals surface area (Å²) in [6.07, 6.45) is 0. The first-order chi connectivity index (χ1) is 16.4. The largest absolute Gasteiger partial charge is 0.328 e. The number of nitrogens with zero attached hydrogens (tertiary/aromatic N) is 3. The molecule has 174 valence electrons. The Labute approximate surface area is 202 Å². The van der Waals surface area contributed by atoms with E-state index in [1.54, 1.807) is 23.9 Å². The van der Waals surface area contributed by atoms with E-state index in [0.29, 0.717) is 11.5 Å². The molecule has 0 spiro atoms. The van der Waals surface area contributed by atoms with E-state index >= 15 is 0 Å². The first kappa shape index (κ1) is 23.5. The van der Waals surface area contributed by atoms with Crippen LogP contribution in [0.25, 0.3) is 5.69 Å². The number of thioether (sulfide) groups is 1. The van der Waals surface area contributed by atoms with Gasteiger partial charge in [-0.05, 0) is 62.2 Å². The lowest BCUT2D eigenvalue weighted by atomic mass is 10.1. The molecule has 1 unspecified atom stereocenters. The minimum Gasteiger partial charge on any atom is -0.328 e. The Morgan fingerprint density at radius 3 is 2.53 bits per heavy atom. The summed E-state index contributed by atoms with van der Waals surface area (Å²) >= 11 is 1.59. The summed E-state index contributed by atoms with van der Waals surface area (Å²) in [7, 11) is 0. The van der Waals surface area contributed by atoms with Gasteiger partial charge in [0.1, 0.15) is 5.82 Å². The van der Waals surface area contributed by atoms with E-state index in [9.17, 15) is 9.18 Å². The SMILES string of the molecule is Cc1ccc(-n2c(SCc3ccccc3C)nnc2C(C)NC(=O)Nc2cccc(F)c2)cc1. The van der Waals surface area contributed by atoms with Crippen molar-refractivity contribution in [3.05, 3.63) is 101 Å². The van der Waals surface area contributed by atoms with E-state index in [1.807, 2.05) is 54.8 Å². The van der Waals surface area contributed by atoms with Crippen LogP contribution in [0.1, 0.15) is 35.5 Å². The highest BCUT2D eigenvalue weighted by molar-refractivity contribution is 7.98. The second-order valence-corrected chi connectivity index (χ2v) is 9.00. The minimum atomic E-state index is -0.453. The number of nitrogens with one attached hydrogen (secondary N) is 2. The van der Waals surface area contributed by atoms with Gasteiger partial charge in [-0.2, -0.15) is 0 Å². The van der Waals surface area contributed by atoms with Gasteiger partial charge < -0.3 is 10.6 Å². The molecule has 4 rings (SSSR count). The van der Waals surface area contributed by atoms with Crippen molar-refractivity contribution in [3.8, 4) is 5.69 Å². The van der Waals surface area contributed by atoms with Gasteiger partial charge in [0.05, 0.1) is 6.04 Å². The number of hydrogen-bond donors (Lipinski definition) is 2. The molecule has 0 aliphatic carbocycles. The highest BCUT2D eigenvalue weighted by Gasteiger charge is 2.21. The van der Waals surface area contributed by atoms with Crippen LogP contribution in [0.4, 0.5) is 14.9 Å². The summed E-state index contributed by atoms with van der Waals surface area (Å²) in [5.74, 6) is 0.934. The number of anilines is 1. The zero-order valence-electron chi connectivity index (χ0n) is 19.2. The fraction of sp³-hybridized carbons (Fsp3) is 0.192. The number of urea groups is 1. The highest BCUT2D eigenvalue weighted by atomic mass is 32.2. The van der Waals surface area contributed by atoms with Gasteiger partial charge in [0, 0.05) is 17.1 Å². The van der Waals surface area contributed by atoms with Crippen LogP contribution in [-0.2, 0) is 5.75 Å². The molecule has 1 heterocycles. The third-order valence-electron chi connectivity index (χ3n) is 5.39. The van der Waals surface area contributed by atoms with Crippen molar-refractivity contribution >= 4 is 23.5 Å². The molecular formula is C26H26FN5OS. The number of carbonyl (C=O) groups is 1. The van der Waals surface area contributed by atoms with Crippen LogP contribution in [0.3, 0.4) is 0 Å². The first-order valence-electron chi connectivity index (χ1n) is 10.9. The van der Waals surface area contributed by atoms with Gasteiger partial charge in [0.2, 0.25) is 0 Å². The van der Waals surface area contributed by atoms with Crippen molar-refractivity contribution in [3.63, 3.8) is 0 Å². The van der Waals surface area contributed by atoms with Crippen molar-refractivity contribution in [1.82, 2.24) is 20.1 Å². The molecule has 34 heavy (non-hydrogen) atoms. The molecule has 0 aliphatic rings. The van der Waals surface area contributed by atoms with E-state index in [0.717, 1.165) is 22.2 Å². The molecule has 6 nitrogen and oxygen atoms in total. The van der Waals surface area contributed by atoms with Crippen LogP contribution in [-0.4, -0.2) is 20.8 Å². The number of aromatic nitrogens is 3. The molecule has 0 bridgehead atoms. The van der Waals surface area contributed by atoms with E-state index in [1.165, 1.54) is 23.3 Å². The van der Waals surface area contributed by atoms with Gasteiger partial charge in [-0.25, -0.2) is 9.18 Å². The molecule has 1 aromatic heterocycles. The molecule has 2 amide bonds. The minimum absolute atomic E-state index is 0.374. The molecule has 4 aromatic rings. The third kappa shape index (κ3) is 5.63. The first-order valence-corrected chi connectivity index (χ1v) is 11.9.